The van der Waals surface area contributed by atoms with Gasteiger partial charge in [0.1, 0.15) is 22.9 Å². The molecule has 2 saturated heterocycles. The second kappa shape index (κ2) is 9.88. The van der Waals surface area contributed by atoms with Crippen LogP contribution in [0.1, 0.15) is 57.1 Å². The quantitative estimate of drug-likeness (QED) is 0.348. The largest absolute Gasteiger partial charge is 0.335 e. The molecule has 208 valence electrons. The number of amides is 1. The van der Waals surface area contributed by atoms with E-state index in [1.54, 1.807) is 18.3 Å². The van der Waals surface area contributed by atoms with E-state index in [0.29, 0.717) is 23.6 Å². The first-order valence-electron chi connectivity index (χ1n) is 13.6. The molecule has 1 aromatic carbocycles. The third-order valence-electron chi connectivity index (χ3n) is 8.12. The van der Waals surface area contributed by atoms with Gasteiger partial charge in [0.2, 0.25) is 11.9 Å². The fourth-order valence-corrected chi connectivity index (χ4v) is 6.07. The number of hydrogen-bond acceptors (Lipinski definition) is 7. The maximum atomic E-state index is 15.0. The van der Waals surface area contributed by atoms with Crippen molar-refractivity contribution in [1.29, 1.82) is 0 Å². The van der Waals surface area contributed by atoms with Crippen LogP contribution in [-0.2, 0) is 4.79 Å². The molecule has 5 heterocycles. The zero-order chi connectivity index (χ0) is 28.2. The Balaban J connectivity index is 1.23. The maximum Gasteiger partial charge on any atom is 0.229 e. The molecule has 2 aliphatic heterocycles. The summed E-state index contributed by atoms with van der Waals surface area (Å²) < 4.78 is 31.8. The van der Waals surface area contributed by atoms with Gasteiger partial charge in [-0.15, -0.1) is 0 Å². The number of carbonyl (C=O) groups excluding carboxylic acids is 1. The molecule has 6 rings (SSSR count). The lowest BCUT2D eigenvalue weighted by Gasteiger charge is -2.27. The van der Waals surface area contributed by atoms with Gasteiger partial charge in [-0.25, -0.2) is 28.7 Å². The van der Waals surface area contributed by atoms with Crippen molar-refractivity contribution in [2.45, 2.75) is 52.6 Å². The molecule has 11 heteroatoms. The number of aryl methyl sites for hydroxylation is 1. The number of anilines is 2. The standard InChI is InChI=1S/C29H32F2N8O/c1-16(2)39-18(4)35-27-21(30)9-20(10-23(27)39)26-22(31)13-34-28(37-26)36-24-6-5-19(12-33-24)17(3)38-15-29(11-25(38)40)7-8-32-14-29/h5-6,9-10,12-13,16-17,32H,7-8,11,14-15H2,1-4H3,(H,33,34,36,37). The van der Waals surface area contributed by atoms with Crippen LogP contribution < -0.4 is 10.6 Å². The number of nitrogens with one attached hydrogen (secondary N) is 2. The Morgan fingerprint density at radius 1 is 1.07 bits per heavy atom. The van der Waals surface area contributed by atoms with Gasteiger partial charge in [-0.3, -0.25) is 4.79 Å². The number of pyridine rings is 1. The molecule has 0 aliphatic carbocycles. The van der Waals surface area contributed by atoms with Gasteiger partial charge in [-0.2, -0.15) is 0 Å². The second-order valence-corrected chi connectivity index (χ2v) is 11.2. The monoisotopic (exact) mass is 546 g/mol. The van der Waals surface area contributed by atoms with Crippen molar-refractivity contribution in [2.24, 2.45) is 5.41 Å². The highest BCUT2D eigenvalue weighted by Crippen LogP contribution is 2.40. The fraction of sp³-hybridized carbons (Fsp3) is 0.414. The van der Waals surface area contributed by atoms with Crippen LogP contribution in [0.15, 0.2) is 36.7 Å². The summed E-state index contributed by atoms with van der Waals surface area (Å²) in [6, 6.07) is 6.58. The summed E-state index contributed by atoms with van der Waals surface area (Å²) in [4.78, 5) is 32.0. The minimum Gasteiger partial charge on any atom is -0.335 e. The van der Waals surface area contributed by atoms with Gasteiger partial charge < -0.3 is 20.1 Å². The summed E-state index contributed by atoms with van der Waals surface area (Å²) in [5, 5.41) is 6.39. The van der Waals surface area contributed by atoms with E-state index >= 15 is 0 Å². The van der Waals surface area contributed by atoms with E-state index < -0.39 is 11.6 Å². The molecular formula is C29H32F2N8O. The topological polar surface area (TPSA) is 101 Å². The molecular weight excluding hydrogens is 514 g/mol. The summed E-state index contributed by atoms with van der Waals surface area (Å²) in [7, 11) is 0. The maximum absolute atomic E-state index is 15.0. The number of rotatable bonds is 6. The first-order valence-corrected chi connectivity index (χ1v) is 13.6. The van der Waals surface area contributed by atoms with Crippen LogP contribution in [0, 0.1) is 24.0 Å². The van der Waals surface area contributed by atoms with Crippen LogP contribution >= 0.6 is 0 Å². The van der Waals surface area contributed by atoms with E-state index in [9.17, 15) is 13.6 Å². The molecule has 40 heavy (non-hydrogen) atoms. The van der Waals surface area contributed by atoms with E-state index in [1.807, 2.05) is 43.2 Å². The zero-order valence-electron chi connectivity index (χ0n) is 23.0. The van der Waals surface area contributed by atoms with Crippen LogP contribution in [0.2, 0.25) is 0 Å². The Morgan fingerprint density at radius 3 is 2.60 bits per heavy atom. The predicted octanol–water partition coefficient (Wildman–Crippen LogP) is 5.07. The molecule has 0 saturated carbocycles. The molecule has 2 unspecified atom stereocenters. The normalized spacial score (nSPS) is 19.9. The van der Waals surface area contributed by atoms with Gasteiger partial charge in [0, 0.05) is 42.7 Å². The van der Waals surface area contributed by atoms with Crippen molar-refractivity contribution in [2.75, 3.05) is 25.0 Å². The van der Waals surface area contributed by atoms with Gasteiger partial charge in [-0.1, -0.05) is 6.07 Å². The number of benzene rings is 1. The highest BCUT2D eigenvalue weighted by molar-refractivity contribution is 5.83. The lowest BCUT2D eigenvalue weighted by Crippen LogP contribution is -2.32. The minimum absolute atomic E-state index is 0.0272. The molecule has 4 aromatic rings. The lowest BCUT2D eigenvalue weighted by atomic mass is 9.86. The van der Waals surface area contributed by atoms with Crippen molar-refractivity contribution in [1.82, 2.24) is 34.7 Å². The Hall–Kier alpha value is -3.99. The average Bonchev–Trinajstić information content (AvgIpc) is 3.61. The van der Waals surface area contributed by atoms with Crippen LogP contribution in [0.25, 0.3) is 22.3 Å². The smallest absolute Gasteiger partial charge is 0.229 e. The van der Waals surface area contributed by atoms with Gasteiger partial charge in [0.15, 0.2) is 11.6 Å². The minimum atomic E-state index is -0.667. The number of likely N-dealkylation sites (tertiary alicyclic amines) is 1. The van der Waals surface area contributed by atoms with Crippen molar-refractivity contribution >= 4 is 28.7 Å². The van der Waals surface area contributed by atoms with Crippen molar-refractivity contribution in [3.8, 4) is 11.3 Å². The molecule has 1 amide bonds. The third kappa shape index (κ3) is 4.57. The molecule has 2 atom stereocenters. The van der Waals surface area contributed by atoms with Gasteiger partial charge in [-0.05, 0) is 64.4 Å². The molecule has 1 spiro atoms. The first-order chi connectivity index (χ1) is 19.1. The molecule has 2 aliphatic rings. The summed E-state index contributed by atoms with van der Waals surface area (Å²) in [6.07, 6.45) is 4.38. The Kier molecular flexibility index (Phi) is 6.48. The van der Waals surface area contributed by atoms with E-state index in [-0.39, 0.29) is 46.1 Å². The molecule has 0 radical (unpaired) electrons. The number of aromatic nitrogens is 5. The zero-order valence-corrected chi connectivity index (χ0v) is 23.0. The van der Waals surface area contributed by atoms with Crippen LogP contribution in [0.5, 0.6) is 0 Å². The van der Waals surface area contributed by atoms with Gasteiger partial charge in [0.25, 0.3) is 0 Å². The number of hydrogen-bond donors (Lipinski definition) is 2. The van der Waals surface area contributed by atoms with E-state index in [4.69, 9.17) is 0 Å². The SMILES string of the molecule is Cc1nc2c(F)cc(-c3nc(Nc4ccc(C(C)N5CC6(CCNC6)CC5=O)cn4)ncc3F)cc2n1C(C)C. The molecule has 2 fully saturated rings. The number of imidazole rings is 1. The van der Waals surface area contributed by atoms with Gasteiger partial charge in [0.05, 0.1) is 17.8 Å². The van der Waals surface area contributed by atoms with Crippen LogP contribution in [0.4, 0.5) is 20.5 Å². The summed E-state index contributed by atoms with van der Waals surface area (Å²) >= 11 is 0. The molecule has 0 bridgehead atoms. The van der Waals surface area contributed by atoms with E-state index in [1.165, 1.54) is 6.07 Å². The van der Waals surface area contributed by atoms with Crippen LogP contribution in [0.3, 0.4) is 0 Å². The third-order valence-corrected chi connectivity index (χ3v) is 8.12. The highest BCUT2D eigenvalue weighted by atomic mass is 19.1. The molecule has 9 nitrogen and oxygen atoms in total. The summed E-state index contributed by atoms with van der Waals surface area (Å²) in [5.74, 6) is 0.239. The highest BCUT2D eigenvalue weighted by Gasteiger charge is 2.46. The first kappa shape index (κ1) is 26.2. The Labute approximate surface area is 231 Å². The van der Waals surface area contributed by atoms with Crippen molar-refractivity contribution in [3.05, 3.63) is 59.7 Å². The number of fused-ring (bicyclic) bond motifs is 1. The van der Waals surface area contributed by atoms with E-state index in [2.05, 4.69) is 30.6 Å². The van der Waals surface area contributed by atoms with E-state index in [0.717, 1.165) is 37.8 Å². The Morgan fingerprint density at radius 2 is 1.90 bits per heavy atom. The number of nitrogens with zero attached hydrogens (tertiary/aromatic N) is 6. The lowest BCUT2D eigenvalue weighted by molar-refractivity contribution is -0.129. The second-order valence-electron chi connectivity index (χ2n) is 11.2. The average molecular weight is 547 g/mol. The van der Waals surface area contributed by atoms with Crippen molar-refractivity contribution < 1.29 is 13.6 Å². The molecule has 3 aromatic heterocycles. The van der Waals surface area contributed by atoms with Gasteiger partial charge >= 0.3 is 0 Å². The number of carbonyl (C=O) groups is 1. The summed E-state index contributed by atoms with van der Waals surface area (Å²) in [6.45, 7) is 10.4. The summed E-state index contributed by atoms with van der Waals surface area (Å²) in [5.41, 5.74) is 2.04. The fourth-order valence-electron chi connectivity index (χ4n) is 6.07. The molecule has 2 N–H and O–H groups in total. The predicted molar refractivity (Wildman–Crippen MR) is 148 cm³/mol. The van der Waals surface area contributed by atoms with Crippen molar-refractivity contribution in [3.63, 3.8) is 0 Å². The number of halogens is 2. The Bertz CT molecular complexity index is 1590. The van der Waals surface area contributed by atoms with Crippen LogP contribution in [-0.4, -0.2) is 54.9 Å².